The van der Waals surface area contributed by atoms with Gasteiger partial charge in [0.15, 0.2) is 18.2 Å². The molecule has 2 heterocycles. The van der Waals surface area contributed by atoms with Crippen LogP contribution in [-0.2, 0) is 9.59 Å². The second-order valence-electron chi connectivity index (χ2n) is 5.87. The molecule has 25 heavy (non-hydrogen) atoms. The molecule has 3 rings (SSSR count). The summed E-state index contributed by atoms with van der Waals surface area (Å²) in [6.07, 6.45) is 0. The number of amides is 2. The van der Waals surface area contributed by atoms with Gasteiger partial charge in [-0.25, -0.2) is 9.37 Å². The van der Waals surface area contributed by atoms with E-state index in [0.29, 0.717) is 18.9 Å². The maximum Gasteiger partial charge on any atom is 0.260 e. The number of para-hydroxylation sites is 1. The third-order valence-corrected chi connectivity index (χ3v) is 3.93. The Kier molecular flexibility index (Phi) is 4.92. The summed E-state index contributed by atoms with van der Waals surface area (Å²) < 4.78 is 18.6. The number of nitrogens with one attached hydrogen (secondary N) is 1. The van der Waals surface area contributed by atoms with Crippen molar-refractivity contribution in [1.82, 2.24) is 9.88 Å². The van der Waals surface area contributed by atoms with Gasteiger partial charge in [-0.3, -0.25) is 9.59 Å². The molecule has 0 saturated carbocycles. The number of nitrogens with zero attached hydrogens (tertiary/aromatic N) is 2. The summed E-state index contributed by atoms with van der Waals surface area (Å²) in [5.41, 5.74) is 0.813. The Bertz CT molecular complexity index is 791. The standard InChI is InChI=1S/C18H18FN3O3/c1-12-5-4-8-16(20-12)21-18(24)13-9-22(10-13)17(23)11-25-15-7-3-2-6-14(15)19/h2-8,13H,9-11H2,1H3,(H,20,21,24). The van der Waals surface area contributed by atoms with E-state index in [9.17, 15) is 14.0 Å². The fraction of sp³-hybridized carbons (Fsp3) is 0.278. The topological polar surface area (TPSA) is 71.5 Å². The number of aryl methyl sites for hydroxylation is 1. The number of carbonyl (C=O) groups is 2. The molecule has 2 aromatic rings. The lowest BCUT2D eigenvalue weighted by Crippen LogP contribution is -2.55. The molecule has 0 bridgehead atoms. The Morgan fingerprint density at radius 1 is 1.24 bits per heavy atom. The van der Waals surface area contributed by atoms with E-state index in [1.54, 1.807) is 18.2 Å². The van der Waals surface area contributed by atoms with Crippen molar-refractivity contribution in [3.8, 4) is 5.75 Å². The van der Waals surface area contributed by atoms with Crippen molar-refractivity contribution < 1.29 is 18.7 Å². The number of ether oxygens (including phenoxy) is 1. The van der Waals surface area contributed by atoms with Crippen molar-refractivity contribution in [2.24, 2.45) is 5.92 Å². The molecule has 7 heteroatoms. The lowest BCUT2D eigenvalue weighted by Gasteiger charge is -2.38. The summed E-state index contributed by atoms with van der Waals surface area (Å²) in [6, 6.07) is 11.3. The molecule has 1 N–H and O–H groups in total. The summed E-state index contributed by atoms with van der Waals surface area (Å²) in [7, 11) is 0. The molecule has 1 aliphatic heterocycles. The number of likely N-dealkylation sites (tertiary alicyclic amines) is 1. The Hall–Kier alpha value is -2.96. The monoisotopic (exact) mass is 343 g/mol. The minimum Gasteiger partial charge on any atom is -0.481 e. The van der Waals surface area contributed by atoms with Gasteiger partial charge in [-0.15, -0.1) is 0 Å². The third-order valence-electron chi connectivity index (χ3n) is 3.93. The highest BCUT2D eigenvalue weighted by Crippen LogP contribution is 2.19. The largest absolute Gasteiger partial charge is 0.481 e. The number of hydrogen-bond acceptors (Lipinski definition) is 4. The van der Waals surface area contributed by atoms with Crippen LogP contribution >= 0.6 is 0 Å². The number of rotatable bonds is 5. The predicted molar refractivity (Wildman–Crippen MR) is 89.6 cm³/mol. The second-order valence-corrected chi connectivity index (χ2v) is 5.87. The number of hydrogen-bond donors (Lipinski definition) is 1. The first-order chi connectivity index (χ1) is 12.0. The summed E-state index contributed by atoms with van der Waals surface area (Å²) >= 11 is 0. The van der Waals surface area contributed by atoms with Crippen LogP contribution in [0.4, 0.5) is 10.2 Å². The minimum atomic E-state index is -0.512. The van der Waals surface area contributed by atoms with Gasteiger partial charge in [-0.1, -0.05) is 18.2 Å². The van der Waals surface area contributed by atoms with Gasteiger partial charge in [0.2, 0.25) is 5.91 Å². The Labute approximate surface area is 144 Å². The van der Waals surface area contributed by atoms with Gasteiger partial charge in [0.1, 0.15) is 5.82 Å². The van der Waals surface area contributed by atoms with Crippen molar-refractivity contribution in [2.75, 3.05) is 25.0 Å². The quantitative estimate of drug-likeness (QED) is 0.901. The lowest BCUT2D eigenvalue weighted by atomic mass is 9.99. The van der Waals surface area contributed by atoms with Crippen molar-refractivity contribution in [2.45, 2.75) is 6.92 Å². The minimum absolute atomic E-state index is 0.0381. The molecular formula is C18H18FN3O3. The zero-order valence-corrected chi connectivity index (χ0v) is 13.7. The van der Waals surface area contributed by atoms with Crippen molar-refractivity contribution in [1.29, 1.82) is 0 Å². The van der Waals surface area contributed by atoms with Crippen LogP contribution < -0.4 is 10.1 Å². The molecule has 130 valence electrons. The first kappa shape index (κ1) is 16.9. The van der Waals surface area contributed by atoms with E-state index in [-0.39, 0.29) is 30.1 Å². The van der Waals surface area contributed by atoms with Crippen molar-refractivity contribution in [3.05, 3.63) is 54.0 Å². The number of anilines is 1. The molecular weight excluding hydrogens is 325 g/mol. The van der Waals surface area contributed by atoms with E-state index < -0.39 is 5.82 Å². The van der Waals surface area contributed by atoms with Crippen LogP contribution in [0.1, 0.15) is 5.69 Å². The van der Waals surface area contributed by atoms with Gasteiger partial charge in [0, 0.05) is 18.8 Å². The third kappa shape index (κ3) is 4.12. The van der Waals surface area contributed by atoms with Crippen LogP contribution in [0.15, 0.2) is 42.5 Å². The highest BCUT2D eigenvalue weighted by Gasteiger charge is 2.35. The Balaban J connectivity index is 1.44. The average Bonchev–Trinajstić information content (AvgIpc) is 2.52. The number of halogens is 1. The van der Waals surface area contributed by atoms with Crippen LogP contribution in [0.5, 0.6) is 5.75 Å². The van der Waals surface area contributed by atoms with Crippen molar-refractivity contribution >= 4 is 17.6 Å². The first-order valence-corrected chi connectivity index (χ1v) is 7.92. The Morgan fingerprint density at radius 2 is 2.00 bits per heavy atom. The van der Waals surface area contributed by atoms with Gasteiger partial charge in [-0.2, -0.15) is 0 Å². The highest BCUT2D eigenvalue weighted by molar-refractivity contribution is 5.94. The van der Waals surface area contributed by atoms with E-state index in [0.717, 1.165) is 5.69 Å². The fourth-order valence-corrected chi connectivity index (χ4v) is 2.48. The maximum atomic E-state index is 13.4. The second kappa shape index (κ2) is 7.29. The normalized spacial score (nSPS) is 13.9. The molecule has 0 unspecified atom stereocenters. The van der Waals surface area contributed by atoms with Crippen LogP contribution in [0.25, 0.3) is 0 Å². The van der Waals surface area contributed by atoms with E-state index in [1.165, 1.54) is 17.0 Å². The molecule has 0 radical (unpaired) electrons. The molecule has 0 atom stereocenters. The molecule has 1 aromatic heterocycles. The zero-order valence-electron chi connectivity index (χ0n) is 13.7. The predicted octanol–water partition coefficient (Wildman–Crippen LogP) is 2.01. The fourth-order valence-electron chi connectivity index (χ4n) is 2.48. The van der Waals surface area contributed by atoms with Crippen LogP contribution in [-0.4, -0.2) is 41.4 Å². The number of pyridine rings is 1. The van der Waals surface area contributed by atoms with Gasteiger partial charge in [0.25, 0.3) is 5.91 Å². The summed E-state index contributed by atoms with van der Waals surface area (Å²) in [5.74, 6) is -0.700. The maximum absolute atomic E-state index is 13.4. The molecule has 1 aliphatic rings. The zero-order chi connectivity index (χ0) is 17.8. The van der Waals surface area contributed by atoms with Crippen LogP contribution in [0, 0.1) is 18.7 Å². The van der Waals surface area contributed by atoms with Crippen molar-refractivity contribution in [3.63, 3.8) is 0 Å². The molecule has 0 spiro atoms. The van der Waals surface area contributed by atoms with Gasteiger partial charge < -0.3 is 15.0 Å². The van der Waals surface area contributed by atoms with Gasteiger partial charge in [-0.05, 0) is 31.2 Å². The Morgan fingerprint density at radius 3 is 2.72 bits per heavy atom. The summed E-state index contributed by atoms with van der Waals surface area (Å²) in [4.78, 5) is 29.9. The molecule has 1 aromatic carbocycles. The van der Waals surface area contributed by atoms with E-state index in [4.69, 9.17) is 4.74 Å². The lowest BCUT2D eigenvalue weighted by molar-refractivity contribution is -0.143. The van der Waals surface area contributed by atoms with E-state index in [1.807, 2.05) is 19.1 Å². The molecule has 1 saturated heterocycles. The summed E-state index contributed by atoms with van der Waals surface area (Å²) in [6.45, 7) is 2.22. The van der Waals surface area contributed by atoms with E-state index >= 15 is 0 Å². The van der Waals surface area contributed by atoms with E-state index in [2.05, 4.69) is 10.3 Å². The van der Waals surface area contributed by atoms with Crippen LogP contribution in [0.3, 0.4) is 0 Å². The molecule has 6 nitrogen and oxygen atoms in total. The smallest absolute Gasteiger partial charge is 0.260 e. The van der Waals surface area contributed by atoms with Gasteiger partial charge >= 0.3 is 0 Å². The number of carbonyl (C=O) groups excluding carboxylic acids is 2. The molecule has 1 fully saturated rings. The average molecular weight is 343 g/mol. The summed E-state index contributed by atoms with van der Waals surface area (Å²) in [5, 5.41) is 2.74. The number of aromatic nitrogens is 1. The first-order valence-electron chi connectivity index (χ1n) is 7.92. The molecule has 2 amide bonds. The number of benzene rings is 1. The molecule has 0 aliphatic carbocycles. The van der Waals surface area contributed by atoms with Crippen LogP contribution in [0.2, 0.25) is 0 Å². The SMILES string of the molecule is Cc1cccc(NC(=O)C2CN(C(=O)COc3ccccc3F)C2)n1. The van der Waals surface area contributed by atoms with Gasteiger partial charge in [0.05, 0.1) is 5.92 Å². The highest BCUT2D eigenvalue weighted by atomic mass is 19.1.